The van der Waals surface area contributed by atoms with Gasteiger partial charge in [0, 0.05) is 25.3 Å². The van der Waals surface area contributed by atoms with Gasteiger partial charge in [0.2, 0.25) is 0 Å². The second-order valence-corrected chi connectivity index (χ2v) is 3.93. The monoisotopic (exact) mass is 176 g/mol. The molecule has 2 heteroatoms. The molecule has 0 radical (unpaired) electrons. The van der Waals surface area contributed by atoms with Gasteiger partial charge in [0.05, 0.1) is 0 Å². The molecule has 0 aliphatic carbocycles. The zero-order valence-electron chi connectivity index (χ0n) is 8.46. The van der Waals surface area contributed by atoms with E-state index < -0.39 is 0 Å². The van der Waals surface area contributed by atoms with Gasteiger partial charge in [0.25, 0.3) is 0 Å². The maximum Gasteiger partial charge on any atom is 0.0493 e. The highest BCUT2D eigenvalue weighted by Gasteiger charge is 2.24. The van der Waals surface area contributed by atoms with E-state index in [4.69, 9.17) is 5.73 Å². The van der Waals surface area contributed by atoms with E-state index in [1.54, 1.807) is 0 Å². The number of fused-ring (bicyclic) bond motifs is 1. The first-order valence-electron chi connectivity index (χ1n) is 4.68. The smallest absolute Gasteiger partial charge is 0.0493 e. The number of hydrogen-bond acceptors (Lipinski definition) is 2. The molecule has 0 saturated heterocycles. The molecule has 1 unspecified atom stereocenters. The molecule has 1 heterocycles. The van der Waals surface area contributed by atoms with E-state index in [0.717, 1.165) is 6.54 Å². The van der Waals surface area contributed by atoms with Gasteiger partial charge in [-0.15, -0.1) is 0 Å². The summed E-state index contributed by atoms with van der Waals surface area (Å²) in [7, 11) is 2.11. The molecular formula is C11H16N2. The van der Waals surface area contributed by atoms with Crippen molar-refractivity contribution in [2.75, 3.05) is 18.5 Å². The molecule has 0 fully saturated rings. The van der Waals surface area contributed by atoms with Crippen LogP contribution in [0.25, 0.3) is 0 Å². The molecule has 0 bridgehead atoms. The van der Waals surface area contributed by atoms with E-state index in [0.29, 0.717) is 0 Å². The van der Waals surface area contributed by atoms with Crippen LogP contribution in [0.1, 0.15) is 22.7 Å². The third-order valence-electron chi connectivity index (χ3n) is 2.98. The first kappa shape index (κ1) is 8.57. The average molecular weight is 176 g/mol. The largest absolute Gasteiger partial charge is 0.372 e. The molecule has 1 aliphatic rings. The lowest BCUT2D eigenvalue weighted by molar-refractivity contribution is 0.760. The molecule has 2 rings (SSSR count). The van der Waals surface area contributed by atoms with E-state index in [2.05, 4.69) is 37.9 Å². The minimum Gasteiger partial charge on any atom is -0.372 e. The number of rotatable bonds is 0. The topological polar surface area (TPSA) is 29.3 Å². The van der Waals surface area contributed by atoms with Gasteiger partial charge >= 0.3 is 0 Å². The predicted molar refractivity (Wildman–Crippen MR) is 56.1 cm³/mol. The highest BCUT2D eigenvalue weighted by Crippen LogP contribution is 2.36. The Kier molecular flexibility index (Phi) is 1.81. The van der Waals surface area contributed by atoms with E-state index in [1.165, 1.54) is 22.4 Å². The maximum atomic E-state index is 6.01. The molecule has 0 aromatic heterocycles. The van der Waals surface area contributed by atoms with Crippen LogP contribution in [-0.4, -0.2) is 13.6 Å². The Morgan fingerprint density at radius 2 is 2.08 bits per heavy atom. The number of nitrogens with zero attached hydrogens (tertiary/aromatic N) is 1. The molecule has 1 atom stereocenters. The van der Waals surface area contributed by atoms with Crippen LogP contribution in [0.2, 0.25) is 0 Å². The first-order chi connectivity index (χ1) is 6.11. The summed E-state index contributed by atoms with van der Waals surface area (Å²) >= 11 is 0. The molecule has 0 saturated carbocycles. The van der Waals surface area contributed by atoms with Crippen molar-refractivity contribution in [3.05, 3.63) is 28.8 Å². The Balaban J connectivity index is 2.64. The highest BCUT2D eigenvalue weighted by molar-refractivity contribution is 5.65. The SMILES string of the molecule is Cc1ccc2c(c1C)N(C)CC2N. The van der Waals surface area contributed by atoms with Gasteiger partial charge in [-0.1, -0.05) is 12.1 Å². The highest BCUT2D eigenvalue weighted by atomic mass is 15.1. The van der Waals surface area contributed by atoms with Crippen LogP contribution >= 0.6 is 0 Å². The summed E-state index contributed by atoms with van der Waals surface area (Å²) < 4.78 is 0. The van der Waals surface area contributed by atoms with Crippen molar-refractivity contribution in [1.29, 1.82) is 0 Å². The molecule has 1 aliphatic heterocycles. The van der Waals surface area contributed by atoms with Crippen LogP contribution < -0.4 is 10.6 Å². The second-order valence-electron chi connectivity index (χ2n) is 3.93. The molecule has 13 heavy (non-hydrogen) atoms. The third kappa shape index (κ3) is 1.13. The van der Waals surface area contributed by atoms with Crippen LogP contribution in [-0.2, 0) is 0 Å². The number of likely N-dealkylation sites (N-methyl/N-ethyl adjacent to an activating group) is 1. The van der Waals surface area contributed by atoms with Crippen LogP contribution in [0.5, 0.6) is 0 Å². The van der Waals surface area contributed by atoms with Gasteiger partial charge < -0.3 is 10.6 Å². The van der Waals surface area contributed by atoms with Crippen molar-refractivity contribution < 1.29 is 0 Å². The molecule has 1 aromatic carbocycles. The summed E-state index contributed by atoms with van der Waals surface area (Å²) in [5.41, 5.74) is 11.4. The van der Waals surface area contributed by atoms with Gasteiger partial charge in [-0.2, -0.15) is 0 Å². The summed E-state index contributed by atoms with van der Waals surface area (Å²) in [4.78, 5) is 2.25. The lowest BCUT2D eigenvalue weighted by Gasteiger charge is -2.15. The fourth-order valence-corrected chi connectivity index (χ4v) is 2.11. The molecule has 70 valence electrons. The lowest BCUT2D eigenvalue weighted by atomic mass is 10.0. The third-order valence-corrected chi connectivity index (χ3v) is 2.98. The Bertz CT molecular complexity index is 344. The zero-order chi connectivity index (χ0) is 9.59. The first-order valence-corrected chi connectivity index (χ1v) is 4.68. The average Bonchev–Trinajstić information content (AvgIpc) is 2.35. The van der Waals surface area contributed by atoms with Crippen molar-refractivity contribution in [1.82, 2.24) is 0 Å². The molecule has 0 spiro atoms. The van der Waals surface area contributed by atoms with Crippen molar-refractivity contribution in [3.63, 3.8) is 0 Å². The van der Waals surface area contributed by atoms with Gasteiger partial charge in [-0.05, 0) is 30.5 Å². The fourth-order valence-electron chi connectivity index (χ4n) is 2.11. The Morgan fingerprint density at radius 1 is 1.38 bits per heavy atom. The van der Waals surface area contributed by atoms with Gasteiger partial charge in [0.1, 0.15) is 0 Å². The van der Waals surface area contributed by atoms with Gasteiger partial charge in [0.15, 0.2) is 0 Å². The number of nitrogens with two attached hydrogens (primary N) is 1. The van der Waals surface area contributed by atoms with Crippen molar-refractivity contribution in [2.45, 2.75) is 19.9 Å². The molecule has 0 amide bonds. The minimum absolute atomic E-state index is 0.194. The van der Waals surface area contributed by atoms with Crippen molar-refractivity contribution in [2.24, 2.45) is 5.73 Å². The quantitative estimate of drug-likeness (QED) is 0.652. The summed E-state index contributed by atoms with van der Waals surface area (Å²) in [5.74, 6) is 0. The van der Waals surface area contributed by atoms with E-state index >= 15 is 0 Å². The van der Waals surface area contributed by atoms with Gasteiger partial charge in [-0.3, -0.25) is 0 Å². The summed E-state index contributed by atoms with van der Waals surface area (Å²) in [6.45, 7) is 5.26. The van der Waals surface area contributed by atoms with E-state index in [-0.39, 0.29) is 6.04 Å². The molecule has 2 N–H and O–H groups in total. The van der Waals surface area contributed by atoms with E-state index in [9.17, 15) is 0 Å². The van der Waals surface area contributed by atoms with Crippen LogP contribution in [0, 0.1) is 13.8 Å². The van der Waals surface area contributed by atoms with Crippen molar-refractivity contribution >= 4 is 5.69 Å². The Morgan fingerprint density at radius 3 is 2.77 bits per heavy atom. The number of aryl methyl sites for hydroxylation is 1. The zero-order valence-corrected chi connectivity index (χ0v) is 8.46. The van der Waals surface area contributed by atoms with Crippen molar-refractivity contribution in [3.8, 4) is 0 Å². The molecule has 2 nitrogen and oxygen atoms in total. The van der Waals surface area contributed by atoms with Crippen LogP contribution in [0.15, 0.2) is 12.1 Å². The Labute approximate surface area is 79.4 Å². The fraction of sp³-hybridized carbons (Fsp3) is 0.455. The lowest BCUT2D eigenvalue weighted by Crippen LogP contribution is -2.19. The maximum absolute atomic E-state index is 6.01. The van der Waals surface area contributed by atoms with Gasteiger partial charge in [-0.25, -0.2) is 0 Å². The number of hydrogen-bond donors (Lipinski definition) is 1. The number of anilines is 1. The predicted octanol–water partition coefficient (Wildman–Crippen LogP) is 1.75. The normalized spacial score (nSPS) is 20.6. The van der Waals surface area contributed by atoms with Crippen LogP contribution in [0.4, 0.5) is 5.69 Å². The summed E-state index contributed by atoms with van der Waals surface area (Å²) in [6.07, 6.45) is 0. The van der Waals surface area contributed by atoms with Crippen LogP contribution in [0.3, 0.4) is 0 Å². The summed E-state index contributed by atoms with van der Waals surface area (Å²) in [5, 5.41) is 0. The number of benzene rings is 1. The standard InChI is InChI=1S/C11H16N2/c1-7-4-5-9-10(12)6-13(3)11(9)8(7)2/h4-5,10H,6,12H2,1-3H3. The summed E-state index contributed by atoms with van der Waals surface area (Å²) in [6, 6.07) is 4.51. The minimum atomic E-state index is 0.194. The van der Waals surface area contributed by atoms with E-state index in [1.807, 2.05) is 0 Å². The molecular weight excluding hydrogens is 160 g/mol. The Hall–Kier alpha value is -1.02. The second kappa shape index (κ2) is 2.74. The molecule has 1 aromatic rings.